The van der Waals surface area contributed by atoms with Crippen molar-refractivity contribution < 1.29 is 24.5 Å². The number of hydrogen-bond acceptors (Lipinski definition) is 4. The van der Waals surface area contributed by atoms with E-state index in [0.717, 1.165) is 57.6 Å². The average Bonchev–Trinajstić information content (AvgIpc) is 3.51. The van der Waals surface area contributed by atoms with E-state index in [9.17, 15) is 0 Å². The van der Waals surface area contributed by atoms with Crippen molar-refractivity contribution in [2.75, 3.05) is 0 Å². The van der Waals surface area contributed by atoms with Crippen LogP contribution in [0.25, 0.3) is 44.6 Å². The third kappa shape index (κ3) is 8.31. The molecule has 1 radical (unpaired) electrons. The van der Waals surface area contributed by atoms with Crippen molar-refractivity contribution in [1.29, 1.82) is 0 Å². The van der Waals surface area contributed by atoms with Crippen LogP contribution in [-0.2, 0) is 31.9 Å². The predicted molar refractivity (Wildman–Crippen MR) is 203 cm³/mol. The summed E-state index contributed by atoms with van der Waals surface area (Å²) < 4.78 is 6.03. The first kappa shape index (κ1) is 36.8. The Hall–Kier alpha value is -3.44. The third-order valence-corrected chi connectivity index (χ3v) is 12.6. The van der Waals surface area contributed by atoms with E-state index in [1.165, 1.54) is 44.1 Å². The molecule has 7 rings (SSSR count). The molecule has 1 fully saturated rings. The first-order valence-corrected chi connectivity index (χ1v) is 21.3. The molecule has 6 heteroatoms. The van der Waals surface area contributed by atoms with E-state index in [0.29, 0.717) is 5.71 Å². The van der Waals surface area contributed by atoms with Gasteiger partial charge in [0, 0.05) is 44.1 Å². The summed E-state index contributed by atoms with van der Waals surface area (Å²) in [7, 11) is -1.36. The first-order valence-electron chi connectivity index (χ1n) is 17.8. The number of furan rings is 1. The van der Waals surface area contributed by atoms with Crippen molar-refractivity contribution in [2.45, 2.75) is 97.2 Å². The minimum absolute atomic E-state index is 0. The van der Waals surface area contributed by atoms with Gasteiger partial charge in [0.2, 0.25) is 5.71 Å². The molecule has 1 saturated carbocycles. The van der Waals surface area contributed by atoms with E-state index in [1.54, 1.807) is 16.9 Å². The molecule has 0 spiro atoms. The molecule has 6 aromatic rings. The summed E-state index contributed by atoms with van der Waals surface area (Å²) in [6.45, 7) is 14.1. The SMILES string of the molecule is CCC(C)(CC)c1ccnc(-c2[c-]ccc3c2oc2ncccc23)c1.C[Si](C)(C)c1cnc(-c2[c-]cccc2)cc1CC1CCCCC1.[Ir]. The monoisotopic (exact) mass is 844 g/mol. The maximum atomic E-state index is 6.03. The van der Waals surface area contributed by atoms with Gasteiger partial charge >= 0.3 is 0 Å². The smallest absolute Gasteiger partial charge is 0.216 e. The first-order chi connectivity index (χ1) is 23.2. The van der Waals surface area contributed by atoms with Gasteiger partial charge in [-0.15, -0.1) is 54.1 Å². The maximum absolute atomic E-state index is 6.03. The van der Waals surface area contributed by atoms with Gasteiger partial charge < -0.3 is 14.4 Å². The molecule has 4 nitrogen and oxygen atoms in total. The minimum atomic E-state index is -1.36. The molecule has 1 aliphatic carbocycles. The molecule has 0 saturated heterocycles. The Balaban J connectivity index is 0.000000188. The van der Waals surface area contributed by atoms with Gasteiger partial charge in [-0.3, -0.25) is 0 Å². The van der Waals surface area contributed by atoms with Gasteiger partial charge in [-0.1, -0.05) is 101 Å². The van der Waals surface area contributed by atoms with E-state index in [1.807, 2.05) is 42.6 Å². The number of rotatable bonds is 8. The zero-order valence-electron chi connectivity index (χ0n) is 29.9. The fraction of sp³-hybridized carbons (Fsp3) is 0.372. The van der Waals surface area contributed by atoms with Gasteiger partial charge in [-0.2, -0.15) is 0 Å². The Morgan fingerprint density at radius 2 is 1.61 bits per heavy atom. The van der Waals surface area contributed by atoms with Crippen molar-refractivity contribution >= 4 is 35.3 Å². The summed E-state index contributed by atoms with van der Waals surface area (Å²) >= 11 is 0. The summed E-state index contributed by atoms with van der Waals surface area (Å²) in [4.78, 5) is 13.7. The quantitative estimate of drug-likeness (QED) is 0.113. The molecule has 4 heterocycles. The van der Waals surface area contributed by atoms with Crippen LogP contribution in [0.5, 0.6) is 0 Å². The molecular weight excluding hydrogens is 795 g/mol. The molecule has 0 unspecified atom stereocenters. The molecule has 49 heavy (non-hydrogen) atoms. The largest absolute Gasteiger partial charge is 0.486 e. The topological polar surface area (TPSA) is 51.8 Å². The van der Waals surface area contributed by atoms with E-state index in [4.69, 9.17) is 9.40 Å². The number of fused-ring (bicyclic) bond motifs is 3. The molecule has 0 N–H and O–H groups in total. The van der Waals surface area contributed by atoms with Crippen molar-refractivity contribution in [1.82, 2.24) is 15.0 Å². The van der Waals surface area contributed by atoms with Gasteiger partial charge in [-0.25, -0.2) is 4.98 Å². The molecule has 257 valence electrons. The summed E-state index contributed by atoms with van der Waals surface area (Å²) in [5.74, 6) is 0.869. The van der Waals surface area contributed by atoms with Crippen molar-refractivity contribution in [3.05, 3.63) is 109 Å². The standard InChI is InChI=1S/C22H21N2O.C21H28NSi.Ir/c1-4-22(3,5-2)15-11-13-23-19(14-15)18-9-6-8-16-17-10-7-12-24-21(17)25-20(16)18;1-23(2,3)21-16-22-20(18-12-8-5-9-13-18)15-19(21)14-17-10-6-4-7-11-17;/h6-8,10-14H,4-5H2,1-3H3;5,8-9,12,15-17H,4,6-7,10-11,14H2,1-3H3;/q2*-1;. The summed E-state index contributed by atoms with van der Waals surface area (Å²) in [5.41, 5.74) is 8.46. The fourth-order valence-corrected chi connectivity index (χ4v) is 8.70. The van der Waals surface area contributed by atoms with Crippen molar-refractivity contribution in [2.24, 2.45) is 5.92 Å². The second kappa shape index (κ2) is 16.1. The maximum Gasteiger partial charge on any atom is 0.216 e. The van der Waals surface area contributed by atoms with Crippen LogP contribution in [0.2, 0.25) is 19.6 Å². The molecule has 0 aliphatic heterocycles. The zero-order valence-corrected chi connectivity index (χ0v) is 33.3. The van der Waals surface area contributed by atoms with Crippen LogP contribution in [-0.4, -0.2) is 23.0 Å². The zero-order chi connectivity index (χ0) is 33.7. The molecule has 2 aromatic carbocycles. The van der Waals surface area contributed by atoms with Gasteiger partial charge in [0.1, 0.15) is 0 Å². The van der Waals surface area contributed by atoms with Gasteiger partial charge in [0.15, 0.2) is 0 Å². The molecule has 0 bridgehead atoms. The predicted octanol–water partition coefficient (Wildman–Crippen LogP) is 11.1. The van der Waals surface area contributed by atoms with Crippen LogP contribution >= 0.6 is 0 Å². The number of nitrogens with zero attached hydrogens (tertiary/aromatic N) is 3. The Morgan fingerprint density at radius 3 is 2.33 bits per heavy atom. The Bertz CT molecular complexity index is 1970. The molecule has 0 amide bonds. The van der Waals surface area contributed by atoms with Crippen LogP contribution < -0.4 is 5.19 Å². The number of pyridine rings is 3. The number of aromatic nitrogens is 3. The van der Waals surface area contributed by atoms with Gasteiger partial charge in [-0.05, 0) is 70.9 Å². The van der Waals surface area contributed by atoms with Crippen molar-refractivity contribution in [3.8, 4) is 22.5 Å². The Labute approximate surface area is 307 Å². The second-order valence-corrected chi connectivity index (χ2v) is 19.8. The third-order valence-electron chi connectivity index (χ3n) is 10.5. The van der Waals surface area contributed by atoms with Crippen LogP contribution in [0.4, 0.5) is 0 Å². The molecule has 4 aromatic heterocycles. The van der Waals surface area contributed by atoms with E-state index < -0.39 is 8.07 Å². The van der Waals surface area contributed by atoms with Crippen LogP contribution in [0, 0.1) is 18.1 Å². The molecule has 1 aliphatic rings. The van der Waals surface area contributed by atoms with Crippen molar-refractivity contribution in [3.63, 3.8) is 0 Å². The number of benzene rings is 2. The average molecular weight is 844 g/mol. The molecule has 0 atom stereocenters. The second-order valence-electron chi connectivity index (χ2n) is 14.7. The van der Waals surface area contributed by atoms with E-state index in [2.05, 4.69) is 99.0 Å². The number of hydrogen-bond donors (Lipinski definition) is 0. The van der Waals surface area contributed by atoms with Gasteiger partial charge in [0.05, 0.1) is 13.7 Å². The van der Waals surface area contributed by atoms with E-state index in [-0.39, 0.29) is 25.5 Å². The normalized spacial score (nSPS) is 13.9. The van der Waals surface area contributed by atoms with Crippen LogP contribution in [0.3, 0.4) is 0 Å². The minimum Gasteiger partial charge on any atom is -0.486 e. The fourth-order valence-electron chi connectivity index (χ4n) is 7.11. The summed E-state index contributed by atoms with van der Waals surface area (Å²) in [6, 6.07) is 29.4. The van der Waals surface area contributed by atoms with Crippen LogP contribution in [0.15, 0.2) is 89.7 Å². The Kier molecular flexibility index (Phi) is 12.1. The summed E-state index contributed by atoms with van der Waals surface area (Å²) in [5, 5.41) is 3.62. The Morgan fingerprint density at radius 1 is 0.816 bits per heavy atom. The van der Waals surface area contributed by atoms with Gasteiger partial charge in [0.25, 0.3) is 0 Å². The summed E-state index contributed by atoms with van der Waals surface area (Å²) in [6.07, 6.45) is 16.3. The molecular formula is C43H49IrN3OSi-2. The van der Waals surface area contributed by atoms with E-state index >= 15 is 0 Å². The van der Waals surface area contributed by atoms with Crippen LogP contribution in [0.1, 0.15) is 76.8 Å².